The molecule has 0 heterocycles. The SMILES string of the molecule is O=[N+]([O-])c1ccccc1CNCC1(CO)CCCC1. The highest BCUT2D eigenvalue weighted by Crippen LogP contribution is 2.37. The number of nitrogens with one attached hydrogen (secondary N) is 1. The summed E-state index contributed by atoms with van der Waals surface area (Å²) in [4.78, 5) is 10.5. The first-order chi connectivity index (χ1) is 9.17. The van der Waals surface area contributed by atoms with Gasteiger partial charge < -0.3 is 10.4 Å². The Balaban J connectivity index is 1.94. The Morgan fingerprint density at radius 3 is 2.63 bits per heavy atom. The van der Waals surface area contributed by atoms with Gasteiger partial charge in [-0.2, -0.15) is 0 Å². The number of aliphatic hydroxyl groups is 1. The van der Waals surface area contributed by atoms with Gasteiger partial charge in [-0.25, -0.2) is 0 Å². The van der Waals surface area contributed by atoms with Gasteiger partial charge in [-0.3, -0.25) is 10.1 Å². The van der Waals surface area contributed by atoms with E-state index in [4.69, 9.17) is 0 Å². The maximum absolute atomic E-state index is 10.9. The van der Waals surface area contributed by atoms with Crippen molar-refractivity contribution >= 4 is 5.69 Å². The van der Waals surface area contributed by atoms with Gasteiger partial charge in [0.05, 0.1) is 4.92 Å². The molecule has 0 bridgehead atoms. The zero-order chi connectivity index (χ0) is 13.7. The molecule has 1 fully saturated rings. The van der Waals surface area contributed by atoms with Crippen LogP contribution in [0.5, 0.6) is 0 Å². The minimum absolute atomic E-state index is 0.0242. The fourth-order valence-corrected chi connectivity index (χ4v) is 2.82. The maximum atomic E-state index is 10.9. The molecule has 1 aliphatic carbocycles. The second kappa shape index (κ2) is 6.12. The van der Waals surface area contributed by atoms with Gasteiger partial charge in [0.2, 0.25) is 0 Å². The lowest BCUT2D eigenvalue weighted by molar-refractivity contribution is -0.385. The van der Waals surface area contributed by atoms with Gasteiger partial charge in [0.1, 0.15) is 0 Å². The van der Waals surface area contributed by atoms with Crippen LogP contribution in [-0.4, -0.2) is 23.2 Å². The minimum atomic E-state index is -0.353. The van der Waals surface area contributed by atoms with Crippen molar-refractivity contribution < 1.29 is 10.0 Å². The van der Waals surface area contributed by atoms with Gasteiger partial charge in [-0.15, -0.1) is 0 Å². The van der Waals surface area contributed by atoms with Crippen LogP contribution in [-0.2, 0) is 6.54 Å². The van der Waals surface area contributed by atoms with Crippen molar-refractivity contribution in [3.05, 3.63) is 39.9 Å². The van der Waals surface area contributed by atoms with Crippen molar-refractivity contribution in [1.82, 2.24) is 5.32 Å². The van der Waals surface area contributed by atoms with Crippen LogP contribution in [0.4, 0.5) is 5.69 Å². The molecule has 0 saturated heterocycles. The normalized spacial score (nSPS) is 17.5. The summed E-state index contributed by atoms with van der Waals surface area (Å²) in [5.74, 6) is 0. The highest BCUT2D eigenvalue weighted by molar-refractivity contribution is 5.39. The first-order valence-corrected chi connectivity index (χ1v) is 6.71. The summed E-state index contributed by atoms with van der Waals surface area (Å²) >= 11 is 0. The molecule has 0 radical (unpaired) electrons. The topological polar surface area (TPSA) is 75.4 Å². The summed E-state index contributed by atoms with van der Waals surface area (Å²) in [6.07, 6.45) is 4.39. The van der Waals surface area contributed by atoms with Crippen molar-refractivity contribution in [1.29, 1.82) is 0 Å². The number of hydrogen-bond acceptors (Lipinski definition) is 4. The smallest absolute Gasteiger partial charge is 0.273 e. The molecule has 0 amide bonds. The number of hydrogen-bond donors (Lipinski definition) is 2. The third kappa shape index (κ3) is 3.30. The molecule has 19 heavy (non-hydrogen) atoms. The standard InChI is InChI=1S/C14H20N2O3/c17-11-14(7-3-4-8-14)10-15-9-12-5-1-2-6-13(12)16(18)19/h1-2,5-6,15,17H,3-4,7-11H2. The molecule has 0 aliphatic heterocycles. The van der Waals surface area contributed by atoms with Crippen LogP contribution in [0.15, 0.2) is 24.3 Å². The molecule has 2 rings (SSSR count). The molecule has 2 N–H and O–H groups in total. The van der Waals surface area contributed by atoms with E-state index in [-0.39, 0.29) is 22.6 Å². The predicted molar refractivity (Wildman–Crippen MR) is 72.8 cm³/mol. The molecular weight excluding hydrogens is 244 g/mol. The quantitative estimate of drug-likeness (QED) is 0.610. The summed E-state index contributed by atoms with van der Waals surface area (Å²) in [5, 5.41) is 23.7. The number of nitro benzene ring substituents is 1. The summed E-state index contributed by atoms with van der Waals surface area (Å²) in [5.41, 5.74) is 0.821. The van der Waals surface area contributed by atoms with E-state index in [9.17, 15) is 15.2 Å². The zero-order valence-corrected chi connectivity index (χ0v) is 11.0. The molecule has 104 valence electrons. The fourth-order valence-electron chi connectivity index (χ4n) is 2.82. The van der Waals surface area contributed by atoms with Crippen molar-refractivity contribution in [2.45, 2.75) is 32.2 Å². The molecule has 1 saturated carbocycles. The summed E-state index contributed by atoms with van der Waals surface area (Å²) in [6.45, 7) is 1.38. The highest BCUT2D eigenvalue weighted by atomic mass is 16.6. The molecule has 0 unspecified atom stereocenters. The fraction of sp³-hybridized carbons (Fsp3) is 0.571. The number of rotatable bonds is 6. The van der Waals surface area contributed by atoms with E-state index in [0.717, 1.165) is 32.2 Å². The Morgan fingerprint density at radius 2 is 2.00 bits per heavy atom. The lowest BCUT2D eigenvalue weighted by Crippen LogP contribution is -2.34. The van der Waals surface area contributed by atoms with Gasteiger partial charge in [0.25, 0.3) is 5.69 Å². The Labute approximate surface area is 112 Å². The minimum Gasteiger partial charge on any atom is -0.396 e. The molecule has 0 atom stereocenters. The maximum Gasteiger partial charge on any atom is 0.273 e. The van der Waals surface area contributed by atoms with Crippen LogP contribution >= 0.6 is 0 Å². The molecule has 5 heteroatoms. The monoisotopic (exact) mass is 264 g/mol. The van der Waals surface area contributed by atoms with E-state index in [1.165, 1.54) is 6.07 Å². The number of nitrogens with zero attached hydrogens (tertiary/aromatic N) is 1. The predicted octanol–water partition coefficient (Wildman–Crippen LogP) is 2.24. The second-order valence-corrected chi connectivity index (χ2v) is 5.35. The zero-order valence-electron chi connectivity index (χ0n) is 11.0. The summed E-state index contributed by atoms with van der Waals surface area (Å²) in [7, 11) is 0. The van der Waals surface area contributed by atoms with Gasteiger partial charge in [0.15, 0.2) is 0 Å². The molecule has 0 aromatic heterocycles. The number of benzene rings is 1. The number of para-hydroxylation sites is 1. The number of aliphatic hydroxyl groups excluding tert-OH is 1. The van der Waals surface area contributed by atoms with Gasteiger partial charge in [0, 0.05) is 36.7 Å². The summed E-state index contributed by atoms with van der Waals surface area (Å²) < 4.78 is 0. The van der Waals surface area contributed by atoms with Crippen LogP contribution in [0.3, 0.4) is 0 Å². The number of nitro groups is 1. The molecule has 1 aliphatic rings. The lowest BCUT2D eigenvalue weighted by Gasteiger charge is -2.26. The Morgan fingerprint density at radius 1 is 1.32 bits per heavy atom. The largest absolute Gasteiger partial charge is 0.396 e. The van der Waals surface area contributed by atoms with Gasteiger partial charge in [-0.1, -0.05) is 31.0 Å². The first-order valence-electron chi connectivity index (χ1n) is 6.71. The van der Waals surface area contributed by atoms with Crippen molar-refractivity contribution in [3.8, 4) is 0 Å². The molecule has 0 spiro atoms. The highest BCUT2D eigenvalue weighted by Gasteiger charge is 2.32. The van der Waals surface area contributed by atoms with Crippen LogP contribution in [0, 0.1) is 15.5 Å². The Bertz CT molecular complexity index is 442. The molecule has 1 aromatic rings. The first kappa shape index (κ1) is 14.0. The van der Waals surface area contributed by atoms with E-state index in [2.05, 4.69) is 5.32 Å². The van der Waals surface area contributed by atoms with Crippen LogP contribution < -0.4 is 5.32 Å². The van der Waals surface area contributed by atoms with E-state index < -0.39 is 0 Å². The van der Waals surface area contributed by atoms with E-state index in [1.807, 2.05) is 0 Å². The Kier molecular flexibility index (Phi) is 4.50. The summed E-state index contributed by atoms with van der Waals surface area (Å²) in [6, 6.07) is 6.77. The van der Waals surface area contributed by atoms with Crippen molar-refractivity contribution in [3.63, 3.8) is 0 Å². The van der Waals surface area contributed by atoms with Crippen LogP contribution in [0.25, 0.3) is 0 Å². The van der Waals surface area contributed by atoms with E-state index in [1.54, 1.807) is 18.2 Å². The van der Waals surface area contributed by atoms with E-state index >= 15 is 0 Å². The van der Waals surface area contributed by atoms with Gasteiger partial charge >= 0.3 is 0 Å². The third-order valence-corrected chi connectivity index (χ3v) is 4.00. The average molecular weight is 264 g/mol. The van der Waals surface area contributed by atoms with Crippen LogP contribution in [0.2, 0.25) is 0 Å². The van der Waals surface area contributed by atoms with Crippen LogP contribution in [0.1, 0.15) is 31.2 Å². The third-order valence-electron chi connectivity index (χ3n) is 4.00. The van der Waals surface area contributed by atoms with E-state index in [0.29, 0.717) is 12.1 Å². The van der Waals surface area contributed by atoms with Crippen molar-refractivity contribution in [2.75, 3.05) is 13.2 Å². The second-order valence-electron chi connectivity index (χ2n) is 5.35. The average Bonchev–Trinajstić information content (AvgIpc) is 2.88. The molecular formula is C14H20N2O3. The molecule has 1 aromatic carbocycles. The van der Waals surface area contributed by atoms with Gasteiger partial charge in [-0.05, 0) is 12.8 Å². The lowest BCUT2D eigenvalue weighted by atomic mass is 9.87. The van der Waals surface area contributed by atoms with Crippen molar-refractivity contribution in [2.24, 2.45) is 5.41 Å². The Hall–Kier alpha value is -1.46. The molecule has 5 nitrogen and oxygen atoms in total.